The SMILES string of the molecule is Cn1c2ccccc2c2cc(/C=C\[C@]34NC(=O)CCN3c3ccccc3C4(C)C)ccc21. The van der Waals surface area contributed by atoms with E-state index in [-0.39, 0.29) is 11.3 Å². The van der Waals surface area contributed by atoms with E-state index in [2.05, 4.69) is 115 Å². The summed E-state index contributed by atoms with van der Waals surface area (Å²) in [6.07, 6.45) is 4.89. The van der Waals surface area contributed by atoms with Gasteiger partial charge in [-0.25, -0.2) is 0 Å². The number of hydrogen-bond donors (Lipinski definition) is 1. The zero-order valence-electron chi connectivity index (χ0n) is 18.7. The zero-order chi connectivity index (χ0) is 22.1. The number of aromatic nitrogens is 1. The lowest BCUT2D eigenvalue weighted by molar-refractivity contribution is -0.124. The Morgan fingerprint density at radius 2 is 1.69 bits per heavy atom. The highest BCUT2D eigenvalue weighted by Gasteiger charge is 2.57. The molecule has 0 radical (unpaired) electrons. The summed E-state index contributed by atoms with van der Waals surface area (Å²) in [5.41, 5.74) is 5.24. The quantitative estimate of drug-likeness (QED) is 0.473. The maximum Gasteiger partial charge on any atom is 0.223 e. The minimum atomic E-state index is -0.584. The maximum atomic E-state index is 12.6. The summed E-state index contributed by atoms with van der Waals surface area (Å²) in [5.74, 6) is 0.108. The van der Waals surface area contributed by atoms with Gasteiger partial charge in [0.2, 0.25) is 5.91 Å². The van der Waals surface area contributed by atoms with Crippen molar-refractivity contribution in [1.29, 1.82) is 0 Å². The van der Waals surface area contributed by atoms with E-state index in [1.807, 2.05) is 0 Å². The largest absolute Gasteiger partial charge is 0.344 e. The Labute approximate surface area is 188 Å². The number of fused-ring (bicyclic) bond motifs is 6. The molecular weight excluding hydrogens is 394 g/mol. The van der Waals surface area contributed by atoms with Crippen molar-refractivity contribution in [2.24, 2.45) is 7.05 Å². The molecule has 0 aliphatic carbocycles. The summed E-state index contributed by atoms with van der Waals surface area (Å²) in [4.78, 5) is 15.0. The molecule has 1 atom stereocenters. The second-order valence-corrected chi connectivity index (χ2v) is 9.54. The first-order valence-corrected chi connectivity index (χ1v) is 11.3. The number of carbonyl (C=O) groups is 1. The van der Waals surface area contributed by atoms with Gasteiger partial charge < -0.3 is 14.8 Å². The van der Waals surface area contributed by atoms with Crippen LogP contribution in [0.15, 0.2) is 72.8 Å². The van der Waals surface area contributed by atoms with E-state index in [1.165, 1.54) is 33.1 Å². The molecule has 0 saturated carbocycles. The van der Waals surface area contributed by atoms with Gasteiger partial charge in [0.25, 0.3) is 0 Å². The molecule has 4 nitrogen and oxygen atoms in total. The van der Waals surface area contributed by atoms with Gasteiger partial charge in [-0.3, -0.25) is 4.79 Å². The Morgan fingerprint density at radius 1 is 0.938 bits per heavy atom. The maximum absolute atomic E-state index is 12.6. The first kappa shape index (κ1) is 19.2. The third-order valence-electron chi connectivity index (χ3n) is 7.59. The van der Waals surface area contributed by atoms with Crippen LogP contribution in [0.1, 0.15) is 31.4 Å². The molecule has 0 spiro atoms. The van der Waals surface area contributed by atoms with Gasteiger partial charge in [-0.2, -0.15) is 0 Å². The van der Waals surface area contributed by atoms with Crippen LogP contribution in [0.25, 0.3) is 27.9 Å². The zero-order valence-corrected chi connectivity index (χ0v) is 18.7. The van der Waals surface area contributed by atoms with E-state index in [9.17, 15) is 4.79 Å². The summed E-state index contributed by atoms with van der Waals surface area (Å²) in [6.45, 7) is 5.18. The minimum Gasteiger partial charge on any atom is -0.344 e. The van der Waals surface area contributed by atoms with Crippen LogP contribution >= 0.6 is 0 Å². The third kappa shape index (κ3) is 2.41. The van der Waals surface area contributed by atoms with Crippen molar-refractivity contribution in [3.8, 4) is 0 Å². The fourth-order valence-corrected chi connectivity index (χ4v) is 5.83. The van der Waals surface area contributed by atoms with E-state index in [0.29, 0.717) is 6.42 Å². The monoisotopic (exact) mass is 421 g/mol. The van der Waals surface area contributed by atoms with Gasteiger partial charge in [-0.05, 0) is 41.5 Å². The van der Waals surface area contributed by atoms with Gasteiger partial charge in [0.1, 0.15) is 5.66 Å². The fraction of sp³-hybridized carbons (Fsp3) is 0.250. The third-order valence-corrected chi connectivity index (χ3v) is 7.59. The summed E-state index contributed by atoms with van der Waals surface area (Å²) >= 11 is 0. The van der Waals surface area contributed by atoms with Crippen LogP contribution in [0.2, 0.25) is 0 Å². The number of anilines is 1. The van der Waals surface area contributed by atoms with Crippen molar-refractivity contribution in [3.05, 3.63) is 83.9 Å². The predicted molar refractivity (Wildman–Crippen MR) is 132 cm³/mol. The molecule has 2 aliphatic heterocycles. The van der Waals surface area contributed by atoms with Crippen LogP contribution in [0.5, 0.6) is 0 Å². The average molecular weight is 422 g/mol. The molecule has 32 heavy (non-hydrogen) atoms. The molecule has 4 heteroatoms. The van der Waals surface area contributed by atoms with Gasteiger partial charge >= 0.3 is 0 Å². The molecule has 1 saturated heterocycles. The highest BCUT2D eigenvalue weighted by atomic mass is 16.2. The van der Waals surface area contributed by atoms with E-state index in [1.54, 1.807) is 0 Å². The molecule has 1 fully saturated rings. The van der Waals surface area contributed by atoms with Crippen molar-refractivity contribution in [2.75, 3.05) is 11.4 Å². The van der Waals surface area contributed by atoms with E-state index in [4.69, 9.17) is 0 Å². The Bertz CT molecular complexity index is 1430. The fourth-order valence-electron chi connectivity index (χ4n) is 5.83. The van der Waals surface area contributed by atoms with Crippen LogP contribution in [0.3, 0.4) is 0 Å². The van der Waals surface area contributed by atoms with E-state index < -0.39 is 5.66 Å². The summed E-state index contributed by atoms with van der Waals surface area (Å²) in [7, 11) is 2.12. The molecule has 1 amide bonds. The van der Waals surface area contributed by atoms with Crippen molar-refractivity contribution in [2.45, 2.75) is 31.3 Å². The second kappa shape index (κ2) is 6.49. The van der Waals surface area contributed by atoms with Gasteiger partial charge in [-0.1, -0.05) is 62.4 Å². The Balaban J connectivity index is 1.49. The molecule has 3 heterocycles. The molecule has 160 valence electrons. The number of rotatable bonds is 2. The molecule has 4 aromatic rings. The highest BCUT2D eigenvalue weighted by molar-refractivity contribution is 6.08. The van der Waals surface area contributed by atoms with Crippen LogP contribution in [0.4, 0.5) is 5.69 Å². The molecule has 1 aromatic heterocycles. The van der Waals surface area contributed by atoms with Crippen LogP contribution in [-0.2, 0) is 17.3 Å². The van der Waals surface area contributed by atoms with Crippen LogP contribution in [-0.4, -0.2) is 22.7 Å². The molecular formula is C28H27N3O. The van der Waals surface area contributed by atoms with Crippen molar-refractivity contribution in [1.82, 2.24) is 9.88 Å². The number of carbonyl (C=O) groups excluding carboxylic acids is 1. The number of hydrogen-bond acceptors (Lipinski definition) is 2. The number of amides is 1. The first-order valence-electron chi connectivity index (χ1n) is 11.3. The smallest absolute Gasteiger partial charge is 0.223 e. The molecule has 0 bridgehead atoms. The molecule has 0 unspecified atom stereocenters. The highest BCUT2D eigenvalue weighted by Crippen LogP contribution is 2.52. The molecule has 1 N–H and O–H groups in total. The van der Waals surface area contributed by atoms with Crippen LogP contribution in [0, 0.1) is 0 Å². The van der Waals surface area contributed by atoms with Crippen LogP contribution < -0.4 is 10.2 Å². The average Bonchev–Trinajstić information content (AvgIpc) is 3.19. The topological polar surface area (TPSA) is 37.3 Å². The Kier molecular flexibility index (Phi) is 3.89. The van der Waals surface area contributed by atoms with E-state index in [0.717, 1.165) is 12.1 Å². The van der Waals surface area contributed by atoms with E-state index >= 15 is 0 Å². The van der Waals surface area contributed by atoms with Crippen molar-refractivity contribution in [3.63, 3.8) is 0 Å². The lowest BCUT2D eigenvalue weighted by Gasteiger charge is -2.49. The number of para-hydroxylation sites is 2. The lowest BCUT2D eigenvalue weighted by atomic mass is 9.74. The lowest BCUT2D eigenvalue weighted by Crippen LogP contribution is -2.68. The van der Waals surface area contributed by atoms with Gasteiger partial charge in [-0.15, -0.1) is 0 Å². The number of benzene rings is 3. The van der Waals surface area contributed by atoms with Crippen molar-refractivity contribution >= 4 is 39.5 Å². The normalized spacial score (nSPS) is 21.8. The first-order chi connectivity index (χ1) is 15.4. The van der Waals surface area contributed by atoms with Gasteiger partial charge in [0, 0.05) is 52.9 Å². The van der Waals surface area contributed by atoms with Gasteiger partial charge in [0.15, 0.2) is 0 Å². The van der Waals surface area contributed by atoms with Crippen molar-refractivity contribution < 1.29 is 4.79 Å². The number of nitrogens with zero attached hydrogens (tertiary/aromatic N) is 2. The number of aryl methyl sites for hydroxylation is 1. The summed E-state index contributed by atoms with van der Waals surface area (Å²) in [6, 6.07) is 23.7. The second-order valence-electron chi connectivity index (χ2n) is 9.54. The minimum absolute atomic E-state index is 0.108. The van der Waals surface area contributed by atoms with Gasteiger partial charge in [0.05, 0.1) is 0 Å². The Morgan fingerprint density at radius 3 is 2.56 bits per heavy atom. The molecule has 2 aliphatic rings. The molecule has 3 aromatic carbocycles. The standard InChI is InChI=1S/C28H27N3O/c1-27(2)22-9-5-7-11-25(22)31-17-15-26(32)29-28(27,31)16-14-19-12-13-24-21(18-19)20-8-4-6-10-23(20)30(24)3/h4-14,16,18H,15,17H2,1-3H3,(H,29,32)/b16-14-/t28-/m0/s1. The predicted octanol–water partition coefficient (Wildman–Crippen LogP) is 5.36. The molecule has 6 rings (SSSR count). The Hall–Kier alpha value is -3.53. The summed E-state index contributed by atoms with van der Waals surface area (Å²) in [5, 5.41) is 5.88. The summed E-state index contributed by atoms with van der Waals surface area (Å²) < 4.78 is 2.25. The number of nitrogens with one attached hydrogen (secondary N) is 1.